The average Bonchev–Trinajstić information content (AvgIpc) is 2.97. The van der Waals surface area contributed by atoms with E-state index in [1.54, 1.807) is 10.9 Å². The molecule has 1 aromatic carbocycles. The first-order valence-electron chi connectivity index (χ1n) is 7.50. The van der Waals surface area contributed by atoms with Gasteiger partial charge in [-0.2, -0.15) is 5.10 Å². The minimum absolute atomic E-state index is 0.268. The number of rotatable bonds is 5. The van der Waals surface area contributed by atoms with Crippen molar-refractivity contribution in [1.29, 1.82) is 0 Å². The third-order valence-corrected chi connectivity index (χ3v) is 3.49. The zero-order chi connectivity index (χ0) is 17.9. The number of aliphatic carboxylic acids is 1. The molecule has 2 rings (SSSR count). The molecule has 2 N–H and O–H groups in total. The lowest BCUT2D eigenvalue weighted by Crippen LogP contribution is -2.30. The Hall–Kier alpha value is -2.70. The summed E-state index contributed by atoms with van der Waals surface area (Å²) in [7, 11) is 0. The molecule has 0 aliphatic rings. The number of carboxylic acid groups (broad SMARTS) is 1. The fourth-order valence-electron chi connectivity index (χ4n) is 2.17. The molecule has 128 valence electrons. The molecule has 1 heterocycles. The number of nitrogens with one attached hydrogen (secondary N) is 1. The van der Waals surface area contributed by atoms with E-state index in [1.807, 2.05) is 20.8 Å². The molecule has 1 atom stereocenters. The summed E-state index contributed by atoms with van der Waals surface area (Å²) < 4.78 is 14.7. The summed E-state index contributed by atoms with van der Waals surface area (Å²) in [5.74, 6) is -1.92. The van der Waals surface area contributed by atoms with Crippen LogP contribution in [0.25, 0.3) is 0 Å². The number of aromatic nitrogens is 2. The van der Waals surface area contributed by atoms with Crippen LogP contribution in [-0.4, -0.2) is 26.8 Å². The summed E-state index contributed by atoms with van der Waals surface area (Å²) in [6, 6.07) is 4.62. The van der Waals surface area contributed by atoms with Crippen LogP contribution >= 0.6 is 0 Å². The summed E-state index contributed by atoms with van der Waals surface area (Å²) >= 11 is 0. The number of carbonyl (C=O) groups excluding carboxylic acids is 1. The molecule has 0 aliphatic heterocycles. The van der Waals surface area contributed by atoms with E-state index in [2.05, 4.69) is 10.4 Å². The van der Waals surface area contributed by atoms with Crippen LogP contribution in [-0.2, 0) is 10.3 Å². The van der Waals surface area contributed by atoms with Gasteiger partial charge in [-0.15, -0.1) is 0 Å². The van der Waals surface area contributed by atoms with Gasteiger partial charge in [0.2, 0.25) is 0 Å². The van der Waals surface area contributed by atoms with Crippen molar-refractivity contribution in [2.75, 3.05) is 0 Å². The molecular formula is C17H20FN3O3. The maximum absolute atomic E-state index is 13.0. The fourth-order valence-corrected chi connectivity index (χ4v) is 2.17. The zero-order valence-electron chi connectivity index (χ0n) is 13.8. The highest BCUT2D eigenvalue weighted by Crippen LogP contribution is 2.19. The van der Waals surface area contributed by atoms with Gasteiger partial charge in [0.05, 0.1) is 29.8 Å². The van der Waals surface area contributed by atoms with Gasteiger partial charge in [0.25, 0.3) is 5.91 Å². The monoisotopic (exact) mass is 333 g/mol. The number of halogens is 1. The maximum Gasteiger partial charge on any atom is 0.305 e. The molecule has 0 saturated heterocycles. The molecule has 7 heteroatoms. The van der Waals surface area contributed by atoms with Gasteiger partial charge in [-0.3, -0.25) is 14.3 Å². The van der Waals surface area contributed by atoms with Gasteiger partial charge in [-0.05, 0) is 38.5 Å². The van der Waals surface area contributed by atoms with E-state index in [9.17, 15) is 14.0 Å². The second kappa shape index (κ2) is 6.82. The minimum Gasteiger partial charge on any atom is -0.481 e. The van der Waals surface area contributed by atoms with Crippen LogP contribution in [0.4, 0.5) is 4.39 Å². The lowest BCUT2D eigenvalue weighted by molar-refractivity contribution is -0.137. The lowest BCUT2D eigenvalue weighted by Gasteiger charge is -2.19. The SMILES string of the molecule is CC(C)(C)n1cc(C(=O)NC(CC(=O)O)c2ccc(F)cc2)cn1. The smallest absolute Gasteiger partial charge is 0.305 e. The van der Waals surface area contributed by atoms with Crippen LogP contribution in [0.3, 0.4) is 0 Å². The third-order valence-electron chi connectivity index (χ3n) is 3.49. The van der Waals surface area contributed by atoms with E-state index >= 15 is 0 Å². The van der Waals surface area contributed by atoms with E-state index in [1.165, 1.54) is 30.5 Å². The Morgan fingerprint density at radius 3 is 2.42 bits per heavy atom. The average molecular weight is 333 g/mol. The quantitative estimate of drug-likeness (QED) is 0.881. The van der Waals surface area contributed by atoms with Gasteiger partial charge in [0.15, 0.2) is 0 Å². The molecule has 0 bridgehead atoms. The maximum atomic E-state index is 13.0. The summed E-state index contributed by atoms with van der Waals surface area (Å²) in [4.78, 5) is 23.4. The van der Waals surface area contributed by atoms with Crippen LogP contribution in [0.15, 0.2) is 36.7 Å². The van der Waals surface area contributed by atoms with Crippen molar-refractivity contribution >= 4 is 11.9 Å². The highest BCUT2D eigenvalue weighted by molar-refractivity contribution is 5.94. The predicted molar refractivity (Wildman–Crippen MR) is 86.1 cm³/mol. The van der Waals surface area contributed by atoms with Crippen molar-refractivity contribution in [3.8, 4) is 0 Å². The molecular weight excluding hydrogens is 313 g/mol. The molecule has 1 amide bonds. The van der Waals surface area contributed by atoms with Crippen LogP contribution in [0, 0.1) is 5.82 Å². The third kappa shape index (κ3) is 4.41. The van der Waals surface area contributed by atoms with Gasteiger partial charge >= 0.3 is 5.97 Å². The number of carbonyl (C=O) groups is 2. The molecule has 0 radical (unpaired) electrons. The number of carboxylic acids is 1. The Morgan fingerprint density at radius 1 is 1.29 bits per heavy atom. The molecule has 1 aromatic heterocycles. The first kappa shape index (κ1) is 17.7. The van der Waals surface area contributed by atoms with E-state index in [0.717, 1.165) is 0 Å². The summed E-state index contributed by atoms with van der Waals surface area (Å²) in [5, 5.41) is 15.9. The van der Waals surface area contributed by atoms with Crippen molar-refractivity contribution in [3.05, 3.63) is 53.6 Å². The van der Waals surface area contributed by atoms with Crippen LogP contribution < -0.4 is 5.32 Å². The Morgan fingerprint density at radius 2 is 1.92 bits per heavy atom. The second-order valence-electron chi connectivity index (χ2n) is 6.52. The molecule has 0 fully saturated rings. The highest BCUT2D eigenvalue weighted by atomic mass is 19.1. The highest BCUT2D eigenvalue weighted by Gasteiger charge is 2.21. The molecule has 0 aliphatic carbocycles. The number of benzene rings is 1. The predicted octanol–water partition coefficient (Wildman–Crippen LogP) is 2.72. The van der Waals surface area contributed by atoms with Crippen molar-refractivity contribution in [2.45, 2.75) is 38.8 Å². The lowest BCUT2D eigenvalue weighted by atomic mass is 10.0. The van der Waals surface area contributed by atoms with Gasteiger partial charge in [0, 0.05) is 6.20 Å². The van der Waals surface area contributed by atoms with E-state index in [4.69, 9.17) is 5.11 Å². The number of hydrogen-bond donors (Lipinski definition) is 2. The first-order valence-corrected chi connectivity index (χ1v) is 7.50. The second-order valence-corrected chi connectivity index (χ2v) is 6.52. The van der Waals surface area contributed by atoms with E-state index in [0.29, 0.717) is 11.1 Å². The fraction of sp³-hybridized carbons (Fsp3) is 0.353. The topological polar surface area (TPSA) is 84.2 Å². The van der Waals surface area contributed by atoms with Gasteiger partial charge in [-0.1, -0.05) is 12.1 Å². The van der Waals surface area contributed by atoms with E-state index in [-0.39, 0.29) is 12.0 Å². The molecule has 1 unspecified atom stereocenters. The summed E-state index contributed by atoms with van der Waals surface area (Å²) in [6.07, 6.45) is 2.74. The Labute approximate surface area is 139 Å². The van der Waals surface area contributed by atoms with Crippen LogP contribution in [0.5, 0.6) is 0 Å². The zero-order valence-corrected chi connectivity index (χ0v) is 13.8. The van der Waals surface area contributed by atoms with Crippen molar-refractivity contribution in [1.82, 2.24) is 15.1 Å². The first-order chi connectivity index (χ1) is 11.2. The van der Waals surface area contributed by atoms with Crippen molar-refractivity contribution in [2.24, 2.45) is 0 Å². The number of hydrogen-bond acceptors (Lipinski definition) is 3. The normalized spacial score (nSPS) is 12.7. The Bertz CT molecular complexity index is 732. The molecule has 24 heavy (non-hydrogen) atoms. The van der Waals surface area contributed by atoms with E-state index < -0.39 is 23.7 Å². The number of nitrogens with zero attached hydrogens (tertiary/aromatic N) is 2. The number of amides is 1. The minimum atomic E-state index is -1.06. The van der Waals surface area contributed by atoms with Crippen molar-refractivity contribution in [3.63, 3.8) is 0 Å². The standard InChI is InChI=1S/C17H20FN3O3/c1-17(2,3)21-10-12(9-19-21)16(24)20-14(8-15(22)23)11-4-6-13(18)7-5-11/h4-7,9-10,14H,8H2,1-3H3,(H,20,24)(H,22,23). The van der Waals surface area contributed by atoms with Gasteiger partial charge in [0.1, 0.15) is 5.82 Å². The van der Waals surface area contributed by atoms with Gasteiger partial charge in [-0.25, -0.2) is 4.39 Å². The Balaban J connectivity index is 2.19. The largest absolute Gasteiger partial charge is 0.481 e. The van der Waals surface area contributed by atoms with Crippen LogP contribution in [0.2, 0.25) is 0 Å². The molecule has 0 spiro atoms. The molecule has 0 saturated carbocycles. The summed E-state index contributed by atoms with van der Waals surface area (Å²) in [5.41, 5.74) is 0.591. The molecule has 2 aromatic rings. The Kier molecular flexibility index (Phi) is 5.02. The molecule has 6 nitrogen and oxygen atoms in total. The summed E-state index contributed by atoms with van der Waals surface area (Å²) in [6.45, 7) is 5.86. The van der Waals surface area contributed by atoms with Gasteiger partial charge < -0.3 is 10.4 Å². The van der Waals surface area contributed by atoms with Crippen molar-refractivity contribution < 1.29 is 19.1 Å². The van der Waals surface area contributed by atoms with Crippen LogP contribution in [0.1, 0.15) is 49.2 Å².